The molecular weight excluding hydrogens is 303 g/mol. The smallest absolute Gasteiger partial charge is 0.190 e. The van der Waals surface area contributed by atoms with E-state index in [0.29, 0.717) is 11.3 Å². The van der Waals surface area contributed by atoms with Crippen LogP contribution in [0.2, 0.25) is 0 Å². The Hall–Kier alpha value is -3.26. The van der Waals surface area contributed by atoms with Crippen LogP contribution in [0.25, 0.3) is 12.2 Å². The van der Waals surface area contributed by atoms with Gasteiger partial charge in [-0.1, -0.05) is 59.3 Å². The average Bonchev–Trinajstić information content (AvgIpc) is 2.98. The normalized spacial score (nSPS) is 10.9. The number of nitriles is 1. The highest BCUT2D eigenvalue weighted by atomic mass is 19.1. The minimum atomic E-state index is -0.306. The lowest BCUT2D eigenvalue weighted by Crippen LogP contribution is -2.06. The number of hydrogen-bond donors (Lipinski definition) is 0. The molecule has 0 unspecified atom stereocenters. The molecule has 0 radical (unpaired) electrons. The number of hydrogen-bond acceptors (Lipinski definition) is 3. The maximum absolute atomic E-state index is 13.8. The molecule has 0 aliphatic carbocycles. The van der Waals surface area contributed by atoms with Gasteiger partial charge in [0.2, 0.25) is 0 Å². The van der Waals surface area contributed by atoms with Crippen LogP contribution in [0.1, 0.15) is 28.1 Å². The predicted octanol–water partition coefficient (Wildman–Crippen LogP) is 3.82. The number of nitrogens with zero attached hydrogens (tertiary/aromatic N) is 4. The highest BCUT2D eigenvalue weighted by Gasteiger charge is 2.11. The first kappa shape index (κ1) is 15.6. The van der Waals surface area contributed by atoms with E-state index in [2.05, 4.69) is 10.3 Å². The van der Waals surface area contributed by atoms with Gasteiger partial charge >= 0.3 is 0 Å². The van der Waals surface area contributed by atoms with Gasteiger partial charge in [0.15, 0.2) is 5.69 Å². The van der Waals surface area contributed by atoms with Crippen LogP contribution in [0.5, 0.6) is 0 Å². The van der Waals surface area contributed by atoms with Crippen LogP contribution >= 0.6 is 0 Å². The summed E-state index contributed by atoms with van der Waals surface area (Å²) in [5, 5.41) is 17.1. The third kappa shape index (κ3) is 3.39. The molecule has 4 nitrogen and oxygen atoms in total. The Morgan fingerprint density at radius 2 is 1.88 bits per heavy atom. The van der Waals surface area contributed by atoms with Gasteiger partial charge in [-0.25, -0.2) is 9.07 Å². The van der Waals surface area contributed by atoms with Crippen molar-refractivity contribution >= 4 is 12.2 Å². The maximum atomic E-state index is 13.8. The topological polar surface area (TPSA) is 54.5 Å². The van der Waals surface area contributed by atoms with Crippen molar-refractivity contribution in [3.8, 4) is 6.07 Å². The van der Waals surface area contributed by atoms with E-state index in [-0.39, 0.29) is 18.1 Å². The minimum Gasteiger partial charge on any atom is -0.239 e. The summed E-state index contributed by atoms with van der Waals surface area (Å²) in [6, 6.07) is 16.5. The maximum Gasteiger partial charge on any atom is 0.190 e. The van der Waals surface area contributed by atoms with Crippen molar-refractivity contribution in [2.45, 2.75) is 13.5 Å². The molecule has 118 valence electrons. The molecule has 0 N–H and O–H groups in total. The van der Waals surface area contributed by atoms with Crippen LogP contribution in [0, 0.1) is 24.1 Å². The fourth-order valence-electron chi connectivity index (χ4n) is 2.32. The van der Waals surface area contributed by atoms with Gasteiger partial charge in [0.05, 0.1) is 12.2 Å². The molecule has 5 heteroatoms. The number of benzene rings is 2. The van der Waals surface area contributed by atoms with Crippen molar-refractivity contribution in [1.29, 1.82) is 5.26 Å². The fourth-order valence-corrected chi connectivity index (χ4v) is 2.32. The molecule has 0 aliphatic heterocycles. The van der Waals surface area contributed by atoms with E-state index < -0.39 is 0 Å². The molecule has 0 fully saturated rings. The lowest BCUT2D eigenvalue weighted by Gasteiger charge is -2.05. The van der Waals surface area contributed by atoms with Gasteiger partial charge in [0.25, 0.3) is 0 Å². The van der Waals surface area contributed by atoms with Crippen LogP contribution in [-0.2, 0) is 6.54 Å². The zero-order valence-electron chi connectivity index (χ0n) is 13.1. The van der Waals surface area contributed by atoms with Gasteiger partial charge in [-0.15, -0.1) is 5.10 Å². The molecule has 1 heterocycles. The third-order valence-electron chi connectivity index (χ3n) is 3.67. The number of rotatable bonds is 4. The monoisotopic (exact) mass is 318 g/mol. The van der Waals surface area contributed by atoms with Crippen LogP contribution in [0.3, 0.4) is 0 Å². The van der Waals surface area contributed by atoms with E-state index in [1.165, 1.54) is 16.3 Å². The molecule has 0 spiro atoms. The fraction of sp³-hybridized carbons (Fsp3) is 0.105. The Labute approximate surface area is 139 Å². The third-order valence-corrected chi connectivity index (χ3v) is 3.67. The summed E-state index contributed by atoms with van der Waals surface area (Å²) >= 11 is 0. The quantitative estimate of drug-likeness (QED) is 0.735. The molecule has 2 aromatic carbocycles. The average molecular weight is 318 g/mol. The van der Waals surface area contributed by atoms with E-state index in [1.54, 1.807) is 24.3 Å². The summed E-state index contributed by atoms with van der Waals surface area (Å²) in [6.45, 7) is 2.24. The van der Waals surface area contributed by atoms with Crippen molar-refractivity contribution in [2.24, 2.45) is 0 Å². The molecule has 0 amide bonds. The molecule has 0 saturated heterocycles. The van der Waals surface area contributed by atoms with E-state index in [0.717, 1.165) is 5.56 Å². The van der Waals surface area contributed by atoms with Crippen LogP contribution in [0.15, 0.2) is 48.5 Å². The molecule has 24 heavy (non-hydrogen) atoms. The SMILES string of the molecule is Cc1ccc(/C=C/c2c(C#N)nnn2Cc2ccccc2F)cc1. The van der Waals surface area contributed by atoms with Gasteiger partial charge in [0.1, 0.15) is 11.9 Å². The minimum absolute atomic E-state index is 0.217. The van der Waals surface area contributed by atoms with E-state index in [4.69, 9.17) is 0 Å². The molecular formula is C19H15FN4. The second kappa shape index (κ2) is 6.88. The van der Waals surface area contributed by atoms with Gasteiger partial charge in [-0.2, -0.15) is 5.26 Å². The van der Waals surface area contributed by atoms with E-state index in [1.807, 2.05) is 43.3 Å². The van der Waals surface area contributed by atoms with Crippen molar-refractivity contribution in [3.05, 3.63) is 82.4 Å². The summed E-state index contributed by atoms with van der Waals surface area (Å²) in [5.74, 6) is -0.306. The highest BCUT2D eigenvalue weighted by molar-refractivity contribution is 5.70. The van der Waals surface area contributed by atoms with Gasteiger partial charge in [-0.3, -0.25) is 0 Å². The van der Waals surface area contributed by atoms with Crippen LogP contribution < -0.4 is 0 Å². The molecule has 0 aliphatic rings. The highest BCUT2D eigenvalue weighted by Crippen LogP contribution is 2.15. The van der Waals surface area contributed by atoms with E-state index in [9.17, 15) is 9.65 Å². The number of aryl methyl sites for hydroxylation is 1. The first-order chi connectivity index (χ1) is 11.7. The number of halogens is 1. The molecule has 1 aromatic heterocycles. The molecule has 0 atom stereocenters. The largest absolute Gasteiger partial charge is 0.239 e. The Morgan fingerprint density at radius 3 is 2.58 bits per heavy atom. The Morgan fingerprint density at radius 1 is 1.12 bits per heavy atom. The zero-order chi connectivity index (χ0) is 16.9. The summed E-state index contributed by atoms with van der Waals surface area (Å²) in [7, 11) is 0. The summed E-state index contributed by atoms with van der Waals surface area (Å²) in [6.07, 6.45) is 3.67. The molecule has 0 saturated carbocycles. The standard InChI is InChI=1S/C19H15FN4/c1-14-6-8-15(9-7-14)10-11-19-18(12-21)22-23-24(19)13-16-4-2-3-5-17(16)20/h2-11H,13H2,1H3/b11-10+. The zero-order valence-corrected chi connectivity index (χ0v) is 13.1. The number of aromatic nitrogens is 3. The molecule has 3 aromatic rings. The van der Waals surface area contributed by atoms with Gasteiger partial charge < -0.3 is 0 Å². The van der Waals surface area contributed by atoms with Crippen LogP contribution in [-0.4, -0.2) is 15.0 Å². The van der Waals surface area contributed by atoms with Crippen molar-refractivity contribution in [1.82, 2.24) is 15.0 Å². The Kier molecular flexibility index (Phi) is 4.48. The van der Waals surface area contributed by atoms with Crippen molar-refractivity contribution in [3.63, 3.8) is 0 Å². The van der Waals surface area contributed by atoms with Crippen LogP contribution in [0.4, 0.5) is 4.39 Å². The van der Waals surface area contributed by atoms with Crippen molar-refractivity contribution in [2.75, 3.05) is 0 Å². The second-order valence-electron chi connectivity index (χ2n) is 5.43. The van der Waals surface area contributed by atoms with Crippen molar-refractivity contribution < 1.29 is 4.39 Å². The van der Waals surface area contributed by atoms with Gasteiger partial charge in [0, 0.05) is 5.56 Å². The summed E-state index contributed by atoms with van der Waals surface area (Å²) < 4.78 is 15.4. The second-order valence-corrected chi connectivity index (χ2v) is 5.43. The lowest BCUT2D eigenvalue weighted by molar-refractivity contribution is 0.575. The molecule has 3 rings (SSSR count). The molecule has 0 bridgehead atoms. The Balaban J connectivity index is 1.92. The van der Waals surface area contributed by atoms with E-state index >= 15 is 0 Å². The predicted molar refractivity (Wildman–Crippen MR) is 90.3 cm³/mol. The Bertz CT molecular complexity index is 917. The first-order valence-electron chi connectivity index (χ1n) is 7.49. The van der Waals surface area contributed by atoms with Gasteiger partial charge in [-0.05, 0) is 24.6 Å². The first-order valence-corrected chi connectivity index (χ1v) is 7.49. The summed E-state index contributed by atoms with van der Waals surface area (Å²) in [5.41, 5.74) is 3.45. The lowest BCUT2D eigenvalue weighted by atomic mass is 10.1. The summed E-state index contributed by atoms with van der Waals surface area (Å²) in [4.78, 5) is 0.